The summed E-state index contributed by atoms with van der Waals surface area (Å²) in [5.74, 6) is 0. The summed E-state index contributed by atoms with van der Waals surface area (Å²) in [4.78, 5) is 26.8. The molecule has 3 heterocycles. The number of anilines is 1. The van der Waals surface area contributed by atoms with E-state index in [4.69, 9.17) is 0 Å². The third-order valence-corrected chi connectivity index (χ3v) is 6.99. The fourth-order valence-electron chi connectivity index (χ4n) is 4.17. The van der Waals surface area contributed by atoms with Crippen molar-refractivity contribution in [3.8, 4) is 0 Å². The van der Waals surface area contributed by atoms with E-state index in [0.717, 1.165) is 14.4 Å². The van der Waals surface area contributed by atoms with Gasteiger partial charge in [0.15, 0.2) is 0 Å². The van der Waals surface area contributed by atoms with Crippen LogP contribution in [0, 0.1) is 0 Å². The van der Waals surface area contributed by atoms with Crippen molar-refractivity contribution in [1.29, 1.82) is 0 Å². The molecule has 0 bridgehead atoms. The van der Waals surface area contributed by atoms with Crippen LogP contribution < -0.4 is 15.6 Å². The molecule has 34 heavy (non-hydrogen) atoms. The molecular formula is C21H21FN7O4S-. The number of aryl methyl sites for hydroxylation is 1. The fourth-order valence-corrected chi connectivity index (χ4v) is 5.00. The Morgan fingerprint density at radius 1 is 1.21 bits per heavy atom. The average Bonchev–Trinajstić information content (AvgIpc) is 3.20. The number of halogens is 1. The Morgan fingerprint density at radius 2 is 1.97 bits per heavy atom. The van der Waals surface area contributed by atoms with Crippen LogP contribution in [0.2, 0.25) is 0 Å². The highest BCUT2D eigenvalue weighted by molar-refractivity contribution is 7.80. The summed E-state index contributed by atoms with van der Waals surface area (Å²) in [6.07, 6.45) is 7.26. The molecule has 0 radical (unpaired) electrons. The molecule has 0 amide bonds. The minimum atomic E-state index is -2.74. The first-order valence-electron chi connectivity index (χ1n) is 10.5. The van der Waals surface area contributed by atoms with Crippen molar-refractivity contribution in [3.63, 3.8) is 0 Å². The lowest BCUT2D eigenvalue weighted by molar-refractivity contribution is 0.411. The van der Waals surface area contributed by atoms with Crippen molar-refractivity contribution < 1.29 is 13.2 Å². The molecule has 5 rings (SSSR count). The standard InChI is InChI=1S/C21H22FN7O4S/c1-26-10-15(9-25-26)12-28-19(30)17-6-16(29(34(32)33)21(13-22)4-5-21)2-3-18(17)27(20(28)31)11-14-7-23-24-8-14/h2-3,6-10H,4-5,11-13H2,1H3,(H,23,24)(H,32,33)/p-1. The molecule has 11 nitrogen and oxygen atoms in total. The first kappa shape index (κ1) is 22.2. The van der Waals surface area contributed by atoms with Gasteiger partial charge in [-0.3, -0.25) is 32.2 Å². The number of benzene rings is 1. The SMILES string of the molecule is Cn1cc(Cn2c(=O)c3cc(N(S(=O)[O-])C4(CF)CC4)ccc3n(Cc3cn[nH]c3)c2=O)cn1. The summed E-state index contributed by atoms with van der Waals surface area (Å²) < 4.78 is 42.8. The molecule has 1 aliphatic rings. The molecule has 3 aromatic heterocycles. The second kappa shape index (κ2) is 8.33. The van der Waals surface area contributed by atoms with Crippen LogP contribution in [0.3, 0.4) is 0 Å². The highest BCUT2D eigenvalue weighted by Gasteiger charge is 2.49. The van der Waals surface area contributed by atoms with Gasteiger partial charge in [-0.1, -0.05) is 0 Å². The Bertz CT molecular complexity index is 1500. The Kier molecular flexibility index (Phi) is 5.44. The lowest BCUT2D eigenvalue weighted by Crippen LogP contribution is -2.42. The maximum Gasteiger partial charge on any atom is 0.332 e. The van der Waals surface area contributed by atoms with Gasteiger partial charge in [0.05, 0.1) is 41.9 Å². The molecule has 1 aromatic carbocycles. The molecule has 0 aliphatic heterocycles. The number of aromatic amines is 1. The van der Waals surface area contributed by atoms with Gasteiger partial charge in [-0.05, 0) is 31.0 Å². The number of nitrogens with zero attached hydrogens (tertiary/aromatic N) is 6. The molecule has 1 saturated carbocycles. The molecule has 13 heteroatoms. The minimum Gasteiger partial charge on any atom is -0.755 e. The third kappa shape index (κ3) is 3.76. The number of hydrogen-bond donors (Lipinski definition) is 1. The number of fused-ring (bicyclic) bond motifs is 1. The van der Waals surface area contributed by atoms with Gasteiger partial charge in [0.25, 0.3) is 5.56 Å². The largest absolute Gasteiger partial charge is 0.755 e. The Hall–Kier alpha value is -3.58. The molecular weight excluding hydrogens is 465 g/mol. The monoisotopic (exact) mass is 486 g/mol. The van der Waals surface area contributed by atoms with Gasteiger partial charge >= 0.3 is 5.69 Å². The van der Waals surface area contributed by atoms with Crippen molar-refractivity contribution in [2.75, 3.05) is 11.0 Å². The van der Waals surface area contributed by atoms with Crippen molar-refractivity contribution in [2.24, 2.45) is 7.05 Å². The van der Waals surface area contributed by atoms with Crippen LogP contribution in [0.4, 0.5) is 10.1 Å². The molecule has 0 spiro atoms. The van der Waals surface area contributed by atoms with Gasteiger partial charge < -0.3 is 4.55 Å². The van der Waals surface area contributed by atoms with Crippen molar-refractivity contribution in [2.45, 2.75) is 31.5 Å². The van der Waals surface area contributed by atoms with Crippen LogP contribution in [0.25, 0.3) is 10.9 Å². The van der Waals surface area contributed by atoms with E-state index in [-0.39, 0.29) is 24.2 Å². The number of hydrogen-bond acceptors (Lipinski definition) is 6. The quantitative estimate of drug-likeness (QED) is 0.367. The second-order valence-corrected chi connectivity index (χ2v) is 9.26. The average molecular weight is 487 g/mol. The van der Waals surface area contributed by atoms with Gasteiger partial charge in [-0.2, -0.15) is 10.2 Å². The summed E-state index contributed by atoms with van der Waals surface area (Å²) in [6.45, 7) is -0.697. The molecule has 178 valence electrons. The van der Waals surface area contributed by atoms with E-state index in [0.29, 0.717) is 23.9 Å². The number of aromatic nitrogens is 6. The van der Waals surface area contributed by atoms with Gasteiger partial charge in [0, 0.05) is 47.5 Å². The number of H-pyrrole nitrogens is 1. The maximum atomic E-state index is 13.7. The van der Waals surface area contributed by atoms with Gasteiger partial charge in [0.2, 0.25) is 0 Å². The fraction of sp³-hybridized carbons (Fsp3) is 0.333. The number of alkyl halides is 1. The van der Waals surface area contributed by atoms with Crippen molar-refractivity contribution >= 4 is 27.9 Å². The third-order valence-electron chi connectivity index (χ3n) is 6.09. The molecule has 4 aromatic rings. The van der Waals surface area contributed by atoms with Crippen molar-refractivity contribution in [1.82, 2.24) is 29.1 Å². The Balaban J connectivity index is 1.72. The Labute approximate surface area is 194 Å². The topological polar surface area (TPSA) is 134 Å². The predicted molar refractivity (Wildman–Crippen MR) is 122 cm³/mol. The minimum absolute atomic E-state index is 0.0112. The van der Waals surface area contributed by atoms with Gasteiger partial charge in [0.1, 0.15) is 6.67 Å². The van der Waals surface area contributed by atoms with E-state index in [2.05, 4.69) is 15.3 Å². The highest BCUT2D eigenvalue weighted by atomic mass is 32.2. The summed E-state index contributed by atoms with van der Waals surface area (Å²) in [5, 5.41) is 10.8. The van der Waals surface area contributed by atoms with Crippen LogP contribution in [-0.4, -0.2) is 50.1 Å². The van der Waals surface area contributed by atoms with Crippen LogP contribution in [-0.2, 0) is 31.4 Å². The van der Waals surface area contributed by atoms with Gasteiger partial charge in [-0.15, -0.1) is 0 Å². The smallest absolute Gasteiger partial charge is 0.332 e. The molecule has 1 atom stereocenters. The molecule has 0 saturated heterocycles. The van der Waals surface area contributed by atoms with Crippen molar-refractivity contribution in [3.05, 3.63) is 75.0 Å². The lowest BCUT2D eigenvalue weighted by atomic mass is 10.1. The lowest BCUT2D eigenvalue weighted by Gasteiger charge is -2.33. The zero-order valence-electron chi connectivity index (χ0n) is 18.2. The number of rotatable bonds is 8. The van der Waals surface area contributed by atoms with E-state index in [1.807, 2.05) is 0 Å². The van der Waals surface area contributed by atoms with E-state index < -0.39 is 34.7 Å². The van der Waals surface area contributed by atoms with E-state index >= 15 is 0 Å². The zero-order valence-corrected chi connectivity index (χ0v) is 19.0. The first-order valence-corrected chi connectivity index (χ1v) is 11.5. The normalized spacial score (nSPS) is 15.5. The van der Waals surface area contributed by atoms with E-state index in [9.17, 15) is 22.7 Å². The predicted octanol–water partition coefficient (Wildman–Crippen LogP) is 0.819. The maximum absolute atomic E-state index is 13.7. The summed E-state index contributed by atoms with van der Waals surface area (Å²) in [7, 11) is 1.73. The summed E-state index contributed by atoms with van der Waals surface area (Å²) in [5.41, 5.74) is -0.337. The van der Waals surface area contributed by atoms with Gasteiger partial charge in [-0.25, -0.2) is 9.18 Å². The molecule has 1 fully saturated rings. The highest BCUT2D eigenvalue weighted by Crippen LogP contribution is 2.45. The molecule has 1 unspecified atom stereocenters. The van der Waals surface area contributed by atoms with Crippen LogP contribution in [0.1, 0.15) is 24.0 Å². The van der Waals surface area contributed by atoms with Crippen LogP contribution in [0.15, 0.2) is 52.6 Å². The number of nitrogens with one attached hydrogen (secondary N) is 1. The molecule has 1 N–H and O–H groups in total. The van der Waals surface area contributed by atoms with E-state index in [1.165, 1.54) is 22.8 Å². The van der Waals surface area contributed by atoms with Crippen LogP contribution in [0.5, 0.6) is 0 Å². The second-order valence-electron chi connectivity index (χ2n) is 8.46. The zero-order chi connectivity index (χ0) is 24.0. The first-order chi connectivity index (χ1) is 16.3. The summed E-state index contributed by atoms with van der Waals surface area (Å²) in [6, 6.07) is 4.43. The van der Waals surface area contributed by atoms with E-state index in [1.54, 1.807) is 36.5 Å². The molecule has 1 aliphatic carbocycles. The summed E-state index contributed by atoms with van der Waals surface area (Å²) >= 11 is -2.74. The Morgan fingerprint density at radius 3 is 2.56 bits per heavy atom. The van der Waals surface area contributed by atoms with Crippen LogP contribution >= 0.6 is 0 Å².